The van der Waals surface area contributed by atoms with Crippen LogP contribution < -0.4 is 10.6 Å². The largest absolute Gasteiger partial charge is 0.353 e. The summed E-state index contributed by atoms with van der Waals surface area (Å²) in [6, 6.07) is 10.5. The molecular formula is C18H26N6. The van der Waals surface area contributed by atoms with Gasteiger partial charge in [-0.05, 0) is 12.5 Å². The average Bonchev–Trinajstić information content (AvgIpc) is 3.07. The van der Waals surface area contributed by atoms with Crippen LogP contribution in [0.5, 0.6) is 0 Å². The normalized spacial score (nSPS) is 12.7. The third-order valence-electron chi connectivity index (χ3n) is 3.69. The lowest BCUT2D eigenvalue weighted by Gasteiger charge is -2.18. The van der Waals surface area contributed by atoms with Crippen molar-refractivity contribution in [3.05, 3.63) is 60.7 Å². The fourth-order valence-corrected chi connectivity index (χ4v) is 2.36. The summed E-state index contributed by atoms with van der Waals surface area (Å²) < 4.78 is 2.04. The van der Waals surface area contributed by atoms with Gasteiger partial charge in [0, 0.05) is 19.5 Å². The van der Waals surface area contributed by atoms with Crippen molar-refractivity contribution < 1.29 is 0 Å². The van der Waals surface area contributed by atoms with Crippen molar-refractivity contribution in [2.45, 2.75) is 32.9 Å². The maximum Gasteiger partial charge on any atom is 0.192 e. The lowest BCUT2D eigenvalue weighted by atomic mass is 10.1. The molecule has 2 N–H and O–H groups in total. The van der Waals surface area contributed by atoms with Crippen molar-refractivity contribution in [2.75, 3.05) is 13.1 Å². The van der Waals surface area contributed by atoms with Crippen LogP contribution in [0.1, 0.15) is 31.3 Å². The van der Waals surface area contributed by atoms with E-state index < -0.39 is 0 Å². The first-order valence-electron chi connectivity index (χ1n) is 8.32. The number of hydrogen-bond donors (Lipinski definition) is 2. The van der Waals surface area contributed by atoms with Crippen LogP contribution in [-0.2, 0) is 13.0 Å². The van der Waals surface area contributed by atoms with E-state index in [0.29, 0.717) is 13.1 Å². The lowest BCUT2D eigenvalue weighted by molar-refractivity contribution is 0.651. The minimum atomic E-state index is 0.170. The van der Waals surface area contributed by atoms with E-state index in [0.717, 1.165) is 24.7 Å². The van der Waals surface area contributed by atoms with E-state index in [9.17, 15) is 0 Å². The molecule has 2 rings (SSSR count). The molecule has 0 radical (unpaired) electrons. The van der Waals surface area contributed by atoms with Crippen molar-refractivity contribution in [1.29, 1.82) is 0 Å². The second kappa shape index (κ2) is 9.50. The molecule has 128 valence electrons. The van der Waals surface area contributed by atoms with Crippen molar-refractivity contribution in [3.63, 3.8) is 0 Å². The highest BCUT2D eigenvalue weighted by atomic mass is 15.3. The van der Waals surface area contributed by atoms with Gasteiger partial charge in [-0.25, -0.2) is 0 Å². The molecule has 0 saturated carbocycles. The summed E-state index contributed by atoms with van der Waals surface area (Å²) in [5.74, 6) is 1.76. The predicted octanol–water partition coefficient (Wildman–Crippen LogP) is 2.32. The standard InChI is InChI=1S/C18H26N6/c1-4-11-19-18(22-15(3)16-9-7-6-8-10-16)20-12-13-24-14-21-23-17(24)5-2/h4,6-10,14-15H,1,5,11-13H2,2-3H3,(H2,19,20,22). The van der Waals surface area contributed by atoms with Gasteiger partial charge in [0.05, 0.1) is 12.6 Å². The zero-order valence-corrected chi connectivity index (χ0v) is 14.4. The van der Waals surface area contributed by atoms with Gasteiger partial charge in [0.2, 0.25) is 0 Å². The first-order chi connectivity index (χ1) is 11.7. The van der Waals surface area contributed by atoms with Crippen LogP contribution in [0.25, 0.3) is 0 Å². The maximum absolute atomic E-state index is 4.65. The molecule has 0 aliphatic carbocycles. The van der Waals surface area contributed by atoms with Gasteiger partial charge in [0.1, 0.15) is 12.2 Å². The molecule has 1 aromatic carbocycles. The number of aliphatic imine (C=N–C) groups is 1. The molecule has 0 spiro atoms. The van der Waals surface area contributed by atoms with E-state index in [1.165, 1.54) is 5.56 Å². The molecule has 1 aromatic heterocycles. The average molecular weight is 326 g/mol. The van der Waals surface area contributed by atoms with E-state index >= 15 is 0 Å². The minimum Gasteiger partial charge on any atom is -0.353 e. The summed E-state index contributed by atoms with van der Waals surface area (Å²) in [5.41, 5.74) is 1.22. The molecule has 0 amide bonds. The number of benzene rings is 1. The van der Waals surface area contributed by atoms with Gasteiger partial charge in [-0.15, -0.1) is 16.8 Å². The molecule has 0 aliphatic heterocycles. The van der Waals surface area contributed by atoms with Crippen LogP contribution in [0, 0.1) is 0 Å². The summed E-state index contributed by atoms with van der Waals surface area (Å²) >= 11 is 0. The van der Waals surface area contributed by atoms with Gasteiger partial charge in [-0.2, -0.15) is 0 Å². The quantitative estimate of drug-likeness (QED) is 0.444. The van der Waals surface area contributed by atoms with Crippen LogP contribution in [0.2, 0.25) is 0 Å². The highest BCUT2D eigenvalue weighted by Gasteiger charge is 2.07. The van der Waals surface area contributed by atoms with Crippen LogP contribution in [0.15, 0.2) is 54.3 Å². The van der Waals surface area contributed by atoms with Crippen LogP contribution in [-0.4, -0.2) is 33.8 Å². The fraction of sp³-hybridized carbons (Fsp3) is 0.389. The van der Waals surface area contributed by atoms with E-state index in [2.05, 4.69) is 58.4 Å². The summed E-state index contributed by atoms with van der Waals surface area (Å²) in [6.45, 7) is 10.0. The summed E-state index contributed by atoms with van der Waals surface area (Å²) in [5, 5.41) is 14.7. The third-order valence-corrected chi connectivity index (χ3v) is 3.69. The van der Waals surface area contributed by atoms with E-state index in [1.54, 1.807) is 6.33 Å². The summed E-state index contributed by atoms with van der Waals surface area (Å²) in [7, 11) is 0. The van der Waals surface area contributed by atoms with E-state index in [1.807, 2.05) is 28.8 Å². The molecular weight excluding hydrogens is 300 g/mol. The molecule has 0 fully saturated rings. The number of nitrogens with zero attached hydrogens (tertiary/aromatic N) is 4. The summed E-state index contributed by atoms with van der Waals surface area (Å²) in [6.07, 6.45) is 4.44. The topological polar surface area (TPSA) is 67.1 Å². The van der Waals surface area contributed by atoms with Gasteiger partial charge in [-0.3, -0.25) is 4.99 Å². The minimum absolute atomic E-state index is 0.170. The molecule has 2 aromatic rings. The smallest absolute Gasteiger partial charge is 0.192 e. The Morgan fingerprint density at radius 2 is 2.17 bits per heavy atom. The predicted molar refractivity (Wildman–Crippen MR) is 97.9 cm³/mol. The number of rotatable bonds is 8. The molecule has 1 unspecified atom stereocenters. The Balaban J connectivity index is 1.97. The second-order valence-corrected chi connectivity index (χ2v) is 5.47. The molecule has 6 nitrogen and oxygen atoms in total. The Morgan fingerprint density at radius 3 is 2.88 bits per heavy atom. The Kier molecular flexibility index (Phi) is 7.01. The number of aromatic nitrogens is 3. The monoisotopic (exact) mass is 326 g/mol. The van der Waals surface area contributed by atoms with Crippen LogP contribution >= 0.6 is 0 Å². The number of hydrogen-bond acceptors (Lipinski definition) is 3. The first kappa shape index (κ1) is 17.7. The molecule has 24 heavy (non-hydrogen) atoms. The van der Waals surface area contributed by atoms with Crippen molar-refractivity contribution in [1.82, 2.24) is 25.4 Å². The highest BCUT2D eigenvalue weighted by molar-refractivity contribution is 5.80. The zero-order valence-electron chi connectivity index (χ0n) is 14.4. The van der Waals surface area contributed by atoms with Crippen molar-refractivity contribution >= 4 is 5.96 Å². The number of nitrogens with one attached hydrogen (secondary N) is 2. The Morgan fingerprint density at radius 1 is 1.38 bits per heavy atom. The Bertz CT molecular complexity index is 647. The lowest BCUT2D eigenvalue weighted by Crippen LogP contribution is -2.39. The Labute approximate surface area is 143 Å². The molecule has 0 saturated heterocycles. The fourth-order valence-electron chi connectivity index (χ4n) is 2.36. The molecule has 6 heteroatoms. The molecule has 0 aliphatic rings. The number of guanidine groups is 1. The Hall–Kier alpha value is -2.63. The van der Waals surface area contributed by atoms with E-state index in [-0.39, 0.29) is 6.04 Å². The van der Waals surface area contributed by atoms with Gasteiger partial charge >= 0.3 is 0 Å². The first-order valence-corrected chi connectivity index (χ1v) is 8.32. The molecule has 0 bridgehead atoms. The van der Waals surface area contributed by atoms with Gasteiger partial charge in [-0.1, -0.05) is 43.3 Å². The summed E-state index contributed by atoms with van der Waals surface area (Å²) in [4.78, 5) is 4.65. The SMILES string of the molecule is C=CCNC(=NCCn1cnnc1CC)NC(C)c1ccccc1. The molecule has 1 heterocycles. The zero-order chi connectivity index (χ0) is 17.2. The van der Waals surface area contributed by atoms with Crippen molar-refractivity contribution in [3.8, 4) is 0 Å². The van der Waals surface area contributed by atoms with Gasteiger partial charge in [0.15, 0.2) is 5.96 Å². The third kappa shape index (κ3) is 5.22. The van der Waals surface area contributed by atoms with Gasteiger partial charge in [0.25, 0.3) is 0 Å². The molecule has 1 atom stereocenters. The van der Waals surface area contributed by atoms with Crippen LogP contribution in [0.3, 0.4) is 0 Å². The van der Waals surface area contributed by atoms with Gasteiger partial charge < -0.3 is 15.2 Å². The van der Waals surface area contributed by atoms with Crippen LogP contribution in [0.4, 0.5) is 0 Å². The highest BCUT2D eigenvalue weighted by Crippen LogP contribution is 2.10. The van der Waals surface area contributed by atoms with E-state index in [4.69, 9.17) is 0 Å². The maximum atomic E-state index is 4.65. The van der Waals surface area contributed by atoms with Crippen molar-refractivity contribution in [2.24, 2.45) is 4.99 Å². The second-order valence-electron chi connectivity index (χ2n) is 5.47. The number of aryl methyl sites for hydroxylation is 1.